The fraction of sp³-hybridized carbons (Fsp3) is 0.385. The van der Waals surface area contributed by atoms with Crippen molar-refractivity contribution in [3.63, 3.8) is 0 Å². The number of hydrogen-bond acceptors (Lipinski definition) is 14. The first-order chi connectivity index (χ1) is 20.5. The topological polar surface area (TPSA) is 205 Å². The molecule has 5 aromatic heterocycles. The maximum Gasteiger partial charge on any atom is 0.256 e. The molecule has 1 saturated heterocycles. The Morgan fingerprint density at radius 3 is 2.79 bits per heavy atom. The van der Waals surface area contributed by atoms with Crippen LogP contribution in [0.15, 0.2) is 38.5 Å². The number of rotatable bonds is 7. The van der Waals surface area contributed by atoms with Crippen LogP contribution in [0.25, 0.3) is 27.4 Å². The van der Waals surface area contributed by atoms with Crippen molar-refractivity contribution in [2.75, 3.05) is 41.8 Å². The standard InChI is InChI=1S/C26H28N10O5S/c27-14-3-1-2-4-15(14)32-26-34-23(19(22(28)38)24-30-12-31-36(24)26)33-17-10-29-25(42-17)13-11-40-21-16(37)9-18(41-20(13)21)35-5-7-39-8-6-35/h9-12,14-15,33H,1-8,27H2,(H2,28,38)(H,32,34)/t14-,15+/m1/s1. The SMILES string of the molecule is NC(=O)c1c(Nc2cnc(-c3coc4c(=O)cc(N5CCOCC5)oc34)s2)nc(N[C@H]2CCCC[C@H]2N)n2ncnc12. The maximum atomic E-state index is 12.8. The number of hydrogen-bond donors (Lipinski definition) is 4. The van der Waals surface area contributed by atoms with Gasteiger partial charge in [0.05, 0.1) is 31.0 Å². The van der Waals surface area contributed by atoms with Gasteiger partial charge in [0.25, 0.3) is 5.91 Å². The highest BCUT2D eigenvalue weighted by Crippen LogP contribution is 2.37. The molecule has 2 atom stereocenters. The summed E-state index contributed by atoms with van der Waals surface area (Å²) in [7, 11) is 0. The number of amides is 1. The molecule has 15 nitrogen and oxygen atoms in total. The first-order valence-corrected chi connectivity index (χ1v) is 14.4. The number of ether oxygens (including phenoxy) is 1. The Kier molecular flexibility index (Phi) is 6.72. The van der Waals surface area contributed by atoms with Crippen LogP contribution in [0, 0.1) is 0 Å². The third-order valence-electron chi connectivity index (χ3n) is 7.54. The van der Waals surface area contributed by atoms with Crippen LogP contribution in [0.2, 0.25) is 0 Å². The molecule has 42 heavy (non-hydrogen) atoms. The van der Waals surface area contributed by atoms with Crippen LogP contribution in [0.3, 0.4) is 0 Å². The lowest BCUT2D eigenvalue weighted by atomic mass is 9.91. The zero-order valence-corrected chi connectivity index (χ0v) is 23.2. The van der Waals surface area contributed by atoms with Crippen LogP contribution >= 0.6 is 11.3 Å². The van der Waals surface area contributed by atoms with Crippen LogP contribution in [-0.2, 0) is 4.74 Å². The van der Waals surface area contributed by atoms with Gasteiger partial charge in [-0.15, -0.1) is 0 Å². The van der Waals surface area contributed by atoms with E-state index in [-0.39, 0.29) is 40.1 Å². The van der Waals surface area contributed by atoms with E-state index in [4.69, 9.17) is 25.0 Å². The third-order valence-corrected chi connectivity index (χ3v) is 8.48. The molecule has 0 radical (unpaired) electrons. The Balaban J connectivity index is 1.23. The molecular weight excluding hydrogens is 564 g/mol. The molecule has 5 aromatic rings. The van der Waals surface area contributed by atoms with Crippen LogP contribution in [-0.4, -0.2) is 68.9 Å². The summed E-state index contributed by atoms with van der Waals surface area (Å²) in [5.74, 6) is 0.318. The number of morpholine rings is 1. The van der Waals surface area contributed by atoms with Gasteiger partial charge < -0.3 is 40.6 Å². The minimum Gasteiger partial charge on any atom is -0.456 e. The minimum atomic E-state index is -0.716. The summed E-state index contributed by atoms with van der Waals surface area (Å²) in [6, 6.07) is 1.38. The molecular formula is C26H28N10O5S. The largest absolute Gasteiger partial charge is 0.456 e. The molecule has 2 aliphatic rings. The highest BCUT2D eigenvalue weighted by Gasteiger charge is 2.27. The molecule has 1 aliphatic heterocycles. The molecule has 1 saturated carbocycles. The number of primary amides is 1. The van der Waals surface area contributed by atoms with Crippen molar-refractivity contribution < 1.29 is 18.4 Å². The highest BCUT2D eigenvalue weighted by atomic mass is 32.1. The average molecular weight is 593 g/mol. The summed E-state index contributed by atoms with van der Waals surface area (Å²) in [5, 5.41) is 11.9. The summed E-state index contributed by atoms with van der Waals surface area (Å²) in [5.41, 5.74) is 13.1. The minimum absolute atomic E-state index is 0.00711. The zero-order valence-electron chi connectivity index (χ0n) is 22.4. The van der Waals surface area contributed by atoms with Crippen LogP contribution in [0.5, 0.6) is 0 Å². The number of nitrogens with two attached hydrogens (primary N) is 2. The Hall–Kier alpha value is -4.54. The highest BCUT2D eigenvalue weighted by molar-refractivity contribution is 7.19. The van der Waals surface area contributed by atoms with Gasteiger partial charge in [-0.2, -0.15) is 14.6 Å². The number of anilines is 4. The fourth-order valence-electron chi connectivity index (χ4n) is 5.39. The summed E-state index contributed by atoms with van der Waals surface area (Å²) in [4.78, 5) is 40.8. The van der Waals surface area contributed by atoms with Gasteiger partial charge >= 0.3 is 0 Å². The molecule has 1 amide bonds. The molecule has 0 aromatic carbocycles. The first-order valence-electron chi connectivity index (χ1n) is 13.6. The van der Waals surface area contributed by atoms with Gasteiger partial charge in [-0.3, -0.25) is 9.59 Å². The Morgan fingerprint density at radius 1 is 1.14 bits per heavy atom. The molecule has 7 rings (SSSR count). The number of nitrogens with one attached hydrogen (secondary N) is 2. The van der Waals surface area contributed by atoms with Crippen molar-refractivity contribution in [2.24, 2.45) is 11.5 Å². The van der Waals surface area contributed by atoms with Crippen LogP contribution < -0.4 is 32.4 Å². The van der Waals surface area contributed by atoms with E-state index in [2.05, 4.69) is 30.7 Å². The van der Waals surface area contributed by atoms with E-state index < -0.39 is 5.91 Å². The van der Waals surface area contributed by atoms with Gasteiger partial charge in [0.1, 0.15) is 28.2 Å². The van der Waals surface area contributed by atoms with E-state index in [9.17, 15) is 9.59 Å². The monoisotopic (exact) mass is 592 g/mol. The third kappa shape index (κ3) is 4.72. The Labute approximate surface area is 241 Å². The van der Waals surface area contributed by atoms with E-state index in [1.165, 1.54) is 34.5 Å². The van der Waals surface area contributed by atoms with Gasteiger partial charge in [-0.05, 0) is 12.8 Å². The second-order valence-electron chi connectivity index (χ2n) is 10.2. The molecule has 0 spiro atoms. The number of carbonyl (C=O) groups is 1. The predicted molar refractivity (Wildman–Crippen MR) is 155 cm³/mol. The fourth-order valence-corrected chi connectivity index (χ4v) is 6.21. The van der Waals surface area contributed by atoms with Crippen LogP contribution in [0.1, 0.15) is 36.0 Å². The van der Waals surface area contributed by atoms with Crippen molar-refractivity contribution in [2.45, 2.75) is 37.8 Å². The van der Waals surface area contributed by atoms with E-state index in [0.717, 1.165) is 25.7 Å². The van der Waals surface area contributed by atoms with Crippen molar-refractivity contribution in [3.8, 4) is 10.6 Å². The second kappa shape index (κ2) is 10.7. The zero-order chi connectivity index (χ0) is 28.8. The normalized spacial score (nSPS) is 19.4. The van der Waals surface area contributed by atoms with Gasteiger partial charge in [-0.1, -0.05) is 24.2 Å². The summed E-state index contributed by atoms with van der Waals surface area (Å²) in [6.45, 7) is 2.33. The van der Waals surface area contributed by atoms with Gasteiger partial charge in [-0.25, -0.2) is 9.97 Å². The summed E-state index contributed by atoms with van der Waals surface area (Å²) in [6.07, 6.45) is 8.31. The molecule has 16 heteroatoms. The second-order valence-corrected chi connectivity index (χ2v) is 11.3. The van der Waals surface area contributed by atoms with E-state index >= 15 is 0 Å². The Bertz CT molecular complexity index is 1840. The number of aromatic nitrogens is 5. The lowest BCUT2D eigenvalue weighted by Gasteiger charge is -2.29. The summed E-state index contributed by atoms with van der Waals surface area (Å²) < 4.78 is 18.6. The molecule has 0 bridgehead atoms. The smallest absolute Gasteiger partial charge is 0.256 e. The quantitative estimate of drug-likeness (QED) is 0.214. The molecule has 6 heterocycles. The summed E-state index contributed by atoms with van der Waals surface area (Å²) >= 11 is 1.26. The first kappa shape index (κ1) is 26.4. The van der Waals surface area contributed by atoms with E-state index in [1.54, 1.807) is 6.20 Å². The number of carbonyl (C=O) groups excluding carboxylic acids is 1. The molecule has 6 N–H and O–H groups in total. The average Bonchev–Trinajstić information content (AvgIpc) is 3.75. The van der Waals surface area contributed by atoms with Gasteiger partial charge in [0, 0.05) is 25.2 Å². The molecule has 2 fully saturated rings. The van der Waals surface area contributed by atoms with Crippen molar-refractivity contribution in [3.05, 3.63) is 40.6 Å². The number of furan rings is 1. The number of fused-ring (bicyclic) bond motifs is 2. The number of thiazole rings is 1. The maximum absolute atomic E-state index is 12.8. The lowest BCUT2D eigenvalue weighted by molar-refractivity contribution is 0.100. The van der Waals surface area contributed by atoms with Crippen molar-refractivity contribution in [1.29, 1.82) is 0 Å². The van der Waals surface area contributed by atoms with Gasteiger partial charge in [0.15, 0.2) is 22.9 Å². The molecule has 0 unspecified atom stereocenters. The van der Waals surface area contributed by atoms with Gasteiger partial charge in [0.2, 0.25) is 17.0 Å². The molecule has 1 aliphatic carbocycles. The lowest BCUT2D eigenvalue weighted by Crippen LogP contribution is -2.43. The Morgan fingerprint density at radius 2 is 1.98 bits per heavy atom. The van der Waals surface area contributed by atoms with Crippen molar-refractivity contribution >= 4 is 56.7 Å². The predicted octanol–water partition coefficient (Wildman–Crippen LogP) is 2.31. The van der Waals surface area contributed by atoms with Crippen LogP contribution in [0.4, 0.5) is 22.7 Å². The molecule has 218 valence electrons. The number of nitrogens with zero attached hydrogens (tertiary/aromatic N) is 6. The van der Waals surface area contributed by atoms with Crippen molar-refractivity contribution in [1.82, 2.24) is 24.6 Å². The van der Waals surface area contributed by atoms with E-state index in [1.807, 2.05) is 4.90 Å². The van der Waals surface area contributed by atoms with E-state index in [0.29, 0.717) is 59.3 Å².